The Morgan fingerprint density at radius 1 is 1.00 bits per heavy atom. The summed E-state index contributed by atoms with van der Waals surface area (Å²) in [4.78, 5) is 28.0. The van der Waals surface area contributed by atoms with Crippen molar-refractivity contribution < 1.29 is 4.92 Å². The molecule has 0 fully saturated rings. The molecule has 2 aromatic heterocycles. The van der Waals surface area contributed by atoms with Crippen LogP contribution in [0.3, 0.4) is 0 Å². The van der Waals surface area contributed by atoms with Crippen molar-refractivity contribution in [2.75, 3.05) is 0 Å². The number of non-ortho nitro benzene ring substituents is 1. The SMILES string of the molecule is O=c1c2cc(-c3ccccc3)cnc2sn1-c1ccc([N+](=O)[O-])cc1. The Labute approximate surface area is 145 Å². The first-order valence-electron chi connectivity index (χ1n) is 7.46. The summed E-state index contributed by atoms with van der Waals surface area (Å²) in [6.07, 6.45) is 1.74. The third-order valence-corrected chi connectivity index (χ3v) is 4.90. The minimum Gasteiger partial charge on any atom is -0.267 e. The number of fused-ring (bicyclic) bond motifs is 1. The van der Waals surface area contributed by atoms with Crippen LogP contribution in [0.1, 0.15) is 0 Å². The standard InChI is InChI=1S/C18H11N3O3S/c22-18-16-10-13(12-4-2-1-3-5-12)11-19-17(16)25-20(18)14-6-8-15(9-7-14)21(23)24/h1-11H. The molecule has 0 spiro atoms. The first-order valence-corrected chi connectivity index (χ1v) is 8.23. The molecule has 0 saturated heterocycles. The van der Waals surface area contributed by atoms with Crippen LogP contribution in [0.15, 0.2) is 71.7 Å². The van der Waals surface area contributed by atoms with Crippen molar-refractivity contribution in [3.63, 3.8) is 0 Å². The lowest BCUT2D eigenvalue weighted by atomic mass is 10.1. The van der Waals surface area contributed by atoms with E-state index in [1.807, 2.05) is 36.4 Å². The van der Waals surface area contributed by atoms with Gasteiger partial charge in [-0.3, -0.25) is 14.9 Å². The molecule has 4 aromatic rings. The van der Waals surface area contributed by atoms with Crippen LogP contribution in [-0.2, 0) is 0 Å². The molecule has 0 N–H and O–H groups in total. The van der Waals surface area contributed by atoms with Crippen LogP contribution >= 0.6 is 11.5 Å². The fourth-order valence-corrected chi connectivity index (χ4v) is 3.51. The Hall–Kier alpha value is -3.32. The number of pyridine rings is 1. The Kier molecular flexibility index (Phi) is 3.62. The predicted octanol–water partition coefficient (Wildman–Crippen LogP) is 4.02. The van der Waals surface area contributed by atoms with Crippen molar-refractivity contribution >= 4 is 27.4 Å². The lowest BCUT2D eigenvalue weighted by Gasteiger charge is -1.99. The molecule has 0 aliphatic heterocycles. The molecular weight excluding hydrogens is 338 g/mol. The second kappa shape index (κ2) is 5.95. The number of nitro groups is 1. The van der Waals surface area contributed by atoms with Gasteiger partial charge in [0.2, 0.25) is 0 Å². The molecule has 0 atom stereocenters. The van der Waals surface area contributed by atoms with E-state index < -0.39 is 4.92 Å². The molecule has 6 nitrogen and oxygen atoms in total. The van der Waals surface area contributed by atoms with E-state index in [2.05, 4.69) is 4.98 Å². The second-order valence-corrected chi connectivity index (χ2v) is 6.34. The van der Waals surface area contributed by atoms with Crippen LogP contribution in [-0.4, -0.2) is 13.9 Å². The lowest BCUT2D eigenvalue weighted by Crippen LogP contribution is -2.10. The van der Waals surface area contributed by atoms with Gasteiger partial charge in [-0.2, -0.15) is 0 Å². The largest absolute Gasteiger partial charge is 0.274 e. The molecule has 0 unspecified atom stereocenters. The van der Waals surface area contributed by atoms with Crippen LogP contribution in [0.4, 0.5) is 5.69 Å². The molecule has 0 amide bonds. The van der Waals surface area contributed by atoms with Gasteiger partial charge in [-0.15, -0.1) is 0 Å². The van der Waals surface area contributed by atoms with Gasteiger partial charge in [0.15, 0.2) is 0 Å². The quantitative estimate of drug-likeness (QED) is 0.413. The van der Waals surface area contributed by atoms with Gasteiger partial charge < -0.3 is 0 Å². The van der Waals surface area contributed by atoms with Crippen LogP contribution in [0, 0.1) is 10.1 Å². The number of hydrogen-bond acceptors (Lipinski definition) is 5. The maximum absolute atomic E-state index is 12.7. The molecule has 2 heterocycles. The molecule has 0 saturated carbocycles. The van der Waals surface area contributed by atoms with E-state index in [0.717, 1.165) is 11.1 Å². The van der Waals surface area contributed by atoms with E-state index in [1.165, 1.54) is 27.6 Å². The number of hydrogen-bond donors (Lipinski definition) is 0. The zero-order chi connectivity index (χ0) is 17.4. The average Bonchev–Trinajstić information content (AvgIpc) is 2.99. The van der Waals surface area contributed by atoms with Crippen molar-refractivity contribution in [3.05, 3.63) is 87.3 Å². The molecular formula is C18H11N3O3S. The fourth-order valence-electron chi connectivity index (χ4n) is 2.58. The smallest absolute Gasteiger partial charge is 0.267 e. The van der Waals surface area contributed by atoms with Crippen molar-refractivity contribution in [1.82, 2.24) is 8.94 Å². The lowest BCUT2D eigenvalue weighted by molar-refractivity contribution is -0.384. The summed E-state index contributed by atoms with van der Waals surface area (Å²) >= 11 is 1.22. The molecule has 0 aliphatic rings. The first-order chi connectivity index (χ1) is 12.1. The van der Waals surface area contributed by atoms with E-state index in [0.29, 0.717) is 15.9 Å². The van der Waals surface area contributed by atoms with Crippen molar-refractivity contribution in [2.24, 2.45) is 0 Å². The average molecular weight is 349 g/mol. The molecule has 25 heavy (non-hydrogen) atoms. The van der Waals surface area contributed by atoms with Gasteiger partial charge in [0.25, 0.3) is 11.2 Å². The number of aromatic nitrogens is 2. The van der Waals surface area contributed by atoms with Crippen LogP contribution in [0.5, 0.6) is 0 Å². The van der Waals surface area contributed by atoms with Gasteiger partial charge in [-0.1, -0.05) is 30.3 Å². The minimum atomic E-state index is -0.467. The summed E-state index contributed by atoms with van der Waals surface area (Å²) in [5.41, 5.74) is 2.25. The first kappa shape index (κ1) is 15.2. The number of benzene rings is 2. The van der Waals surface area contributed by atoms with Gasteiger partial charge in [0.1, 0.15) is 4.83 Å². The van der Waals surface area contributed by atoms with E-state index in [4.69, 9.17) is 0 Å². The summed E-state index contributed by atoms with van der Waals surface area (Å²) < 4.78 is 1.50. The Bertz CT molecular complexity index is 1130. The third-order valence-electron chi connectivity index (χ3n) is 3.85. The molecule has 0 bridgehead atoms. The zero-order valence-electron chi connectivity index (χ0n) is 12.8. The normalized spacial score (nSPS) is 10.9. The van der Waals surface area contributed by atoms with Gasteiger partial charge in [-0.05, 0) is 35.3 Å². The van der Waals surface area contributed by atoms with Crippen molar-refractivity contribution in [3.8, 4) is 16.8 Å². The van der Waals surface area contributed by atoms with Gasteiger partial charge >= 0.3 is 0 Å². The summed E-state index contributed by atoms with van der Waals surface area (Å²) in [5.74, 6) is 0. The van der Waals surface area contributed by atoms with Crippen LogP contribution in [0.25, 0.3) is 27.0 Å². The number of nitro benzene ring substituents is 1. The molecule has 0 radical (unpaired) electrons. The maximum atomic E-state index is 12.7. The Morgan fingerprint density at radius 2 is 1.72 bits per heavy atom. The van der Waals surface area contributed by atoms with Crippen molar-refractivity contribution in [2.45, 2.75) is 0 Å². The fraction of sp³-hybridized carbons (Fsp3) is 0. The molecule has 4 rings (SSSR count). The number of rotatable bonds is 3. The molecule has 122 valence electrons. The third kappa shape index (κ3) is 2.70. The summed E-state index contributed by atoms with van der Waals surface area (Å²) in [7, 11) is 0. The van der Waals surface area contributed by atoms with Gasteiger partial charge in [0.05, 0.1) is 16.0 Å². The Balaban J connectivity index is 1.83. The summed E-state index contributed by atoms with van der Waals surface area (Å²) in [6.45, 7) is 0. The highest BCUT2D eigenvalue weighted by molar-refractivity contribution is 7.13. The highest BCUT2D eigenvalue weighted by Gasteiger charge is 2.13. The highest BCUT2D eigenvalue weighted by Crippen LogP contribution is 2.25. The monoisotopic (exact) mass is 349 g/mol. The van der Waals surface area contributed by atoms with E-state index >= 15 is 0 Å². The molecule has 7 heteroatoms. The topological polar surface area (TPSA) is 78.0 Å². The van der Waals surface area contributed by atoms with Crippen molar-refractivity contribution in [1.29, 1.82) is 0 Å². The molecule has 2 aromatic carbocycles. The van der Waals surface area contributed by atoms with Crippen LogP contribution < -0.4 is 5.56 Å². The molecule has 0 aliphatic carbocycles. The van der Waals surface area contributed by atoms with E-state index in [9.17, 15) is 14.9 Å². The second-order valence-electron chi connectivity index (χ2n) is 5.41. The summed E-state index contributed by atoms with van der Waals surface area (Å²) in [5, 5.41) is 11.3. The van der Waals surface area contributed by atoms with Gasteiger partial charge in [0, 0.05) is 23.9 Å². The summed E-state index contributed by atoms with van der Waals surface area (Å²) in [6, 6.07) is 17.4. The predicted molar refractivity (Wildman–Crippen MR) is 97.3 cm³/mol. The van der Waals surface area contributed by atoms with E-state index in [1.54, 1.807) is 18.3 Å². The van der Waals surface area contributed by atoms with Crippen LogP contribution in [0.2, 0.25) is 0 Å². The maximum Gasteiger partial charge on any atom is 0.274 e. The zero-order valence-corrected chi connectivity index (χ0v) is 13.6. The Morgan fingerprint density at radius 3 is 2.40 bits per heavy atom. The number of nitrogens with zero attached hydrogens (tertiary/aromatic N) is 3. The minimum absolute atomic E-state index is 0.0117. The van der Waals surface area contributed by atoms with E-state index in [-0.39, 0.29) is 11.2 Å². The highest BCUT2D eigenvalue weighted by atomic mass is 32.1. The van der Waals surface area contributed by atoms with Gasteiger partial charge in [-0.25, -0.2) is 8.94 Å².